The quantitative estimate of drug-likeness (QED) is 0.447. The van der Waals surface area contributed by atoms with E-state index in [0.29, 0.717) is 11.9 Å². The molecule has 1 fully saturated rings. The topological polar surface area (TPSA) is 70.0 Å². The zero-order valence-electron chi connectivity index (χ0n) is 7.75. The number of hydrogen-bond acceptors (Lipinski definition) is 4. The van der Waals surface area contributed by atoms with Crippen molar-refractivity contribution in [2.24, 2.45) is 5.84 Å². The molecule has 0 radical (unpaired) electrons. The zero-order valence-corrected chi connectivity index (χ0v) is 7.75. The molecule has 5 heteroatoms. The number of anilines is 1. The lowest BCUT2D eigenvalue weighted by Crippen LogP contribution is -2.13. The van der Waals surface area contributed by atoms with Crippen LogP contribution in [0.3, 0.4) is 0 Å². The van der Waals surface area contributed by atoms with E-state index >= 15 is 0 Å². The van der Waals surface area contributed by atoms with Gasteiger partial charge in [0.05, 0.1) is 6.20 Å². The Kier molecular flexibility index (Phi) is 2.20. The molecule has 4 N–H and O–H groups in total. The van der Waals surface area contributed by atoms with Gasteiger partial charge in [-0.1, -0.05) is 0 Å². The van der Waals surface area contributed by atoms with Crippen molar-refractivity contribution in [3.8, 4) is 0 Å². The first-order chi connectivity index (χ1) is 6.29. The van der Waals surface area contributed by atoms with Gasteiger partial charge < -0.3 is 9.88 Å². The average molecular weight is 181 g/mol. The Morgan fingerprint density at radius 3 is 3.15 bits per heavy atom. The minimum atomic E-state index is 0.583. The third-order valence-electron chi connectivity index (χ3n) is 2.56. The van der Waals surface area contributed by atoms with Gasteiger partial charge in [0, 0.05) is 18.2 Å². The van der Waals surface area contributed by atoms with E-state index in [-0.39, 0.29) is 0 Å². The van der Waals surface area contributed by atoms with Gasteiger partial charge in [0.2, 0.25) is 5.95 Å². The Morgan fingerprint density at radius 1 is 1.77 bits per heavy atom. The highest BCUT2D eigenvalue weighted by atomic mass is 15.3. The molecular weight excluding hydrogens is 166 g/mol. The van der Waals surface area contributed by atoms with Crippen LogP contribution in [-0.2, 0) is 0 Å². The van der Waals surface area contributed by atoms with Crippen LogP contribution in [0.2, 0.25) is 0 Å². The summed E-state index contributed by atoms with van der Waals surface area (Å²) in [6.07, 6.45) is 3.06. The van der Waals surface area contributed by atoms with Crippen molar-refractivity contribution in [2.75, 3.05) is 25.6 Å². The Labute approximate surface area is 77.3 Å². The lowest BCUT2D eigenvalue weighted by Gasteiger charge is -2.07. The number of hydrazine groups is 1. The molecule has 1 saturated heterocycles. The molecule has 2 heterocycles. The molecule has 1 aliphatic rings. The third-order valence-corrected chi connectivity index (χ3v) is 2.56. The summed E-state index contributed by atoms with van der Waals surface area (Å²) < 4.78 is 0. The predicted octanol–water partition coefficient (Wildman–Crippen LogP) is 0.114. The number of likely N-dealkylation sites (N-methyl/N-ethyl adjacent to an activating group) is 1. The summed E-state index contributed by atoms with van der Waals surface area (Å²) in [5.41, 5.74) is 3.68. The summed E-state index contributed by atoms with van der Waals surface area (Å²) in [6.45, 7) is 2.27. The van der Waals surface area contributed by atoms with E-state index in [0.717, 1.165) is 13.1 Å². The van der Waals surface area contributed by atoms with Crippen molar-refractivity contribution in [2.45, 2.75) is 12.3 Å². The van der Waals surface area contributed by atoms with Crippen LogP contribution in [-0.4, -0.2) is 35.0 Å². The maximum Gasteiger partial charge on any atom is 0.214 e. The lowest BCUT2D eigenvalue weighted by molar-refractivity contribution is 0.411. The van der Waals surface area contributed by atoms with Gasteiger partial charge in [-0.2, -0.15) is 0 Å². The SMILES string of the molecule is CN1CCC(c2cnc(NN)[nH]2)C1. The third kappa shape index (κ3) is 1.66. The van der Waals surface area contributed by atoms with Crippen LogP contribution >= 0.6 is 0 Å². The number of H-pyrrole nitrogens is 1. The number of nitrogens with zero attached hydrogens (tertiary/aromatic N) is 2. The molecule has 72 valence electrons. The molecule has 2 rings (SSSR count). The first-order valence-corrected chi connectivity index (χ1v) is 4.49. The molecule has 5 nitrogen and oxygen atoms in total. The molecule has 1 unspecified atom stereocenters. The first kappa shape index (κ1) is 8.52. The summed E-state index contributed by atoms with van der Waals surface area (Å²) in [5.74, 6) is 6.46. The lowest BCUT2D eigenvalue weighted by atomic mass is 10.1. The zero-order chi connectivity index (χ0) is 9.26. The van der Waals surface area contributed by atoms with Crippen LogP contribution < -0.4 is 11.3 Å². The Hall–Kier alpha value is -1.07. The number of likely N-dealkylation sites (tertiary alicyclic amines) is 1. The highest BCUT2D eigenvalue weighted by Gasteiger charge is 2.22. The second kappa shape index (κ2) is 3.35. The average Bonchev–Trinajstić information content (AvgIpc) is 2.71. The molecule has 1 aromatic heterocycles. The second-order valence-electron chi connectivity index (χ2n) is 3.58. The molecule has 1 atom stereocenters. The van der Waals surface area contributed by atoms with E-state index in [1.54, 1.807) is 0 Å². The molecule has 1 aliphatic heterocycles. The Morgan fingerprint density at radius 2 is 2.62 bits per heavy atom. The summed E-state index contributed by atoms with van der Waals surface area (Å²) in [5, 5.41) is 0. The fourth-order valence-corrected chi connectivity index (χ4v) is 1.81. The minimum absolute atomic E-state index is 0.583. The number of imidazole rings is 1. The van der Waals surface area contributed by atoms with Crippen LogP contribution in [0.25, 0.3) is 0 Å². The molecule has 0 aliphatic carbocycles. The molecule has 0 aromatic carbocycles. The fourth-order valence-electron chi connectivity index (χ4n) is 1.81. The second-order valence-corrected chi connectivity index (χ2v) is 3.58. The number of nitrogens with one attached hydrogen (secondary N) is 2. The smallest absolute Gasteiger partial charge is 0.214 e. The first-order valence-electron chi connectivity index (χ1n) is 4.49. The monoisotopic (exact) mass is 181 g/mol. The summed E-state index contributed by atoms with van der Waals surface area (Å²) in [6, 6.07) is 0. The summed E-state index contributed by atoms with van der Waals surface area (Å²) in [4.78, 5) is 9.57. The maximum absolute atomic E-state index is 5.23. The van der Waals surface area contributed by atoms with E-state index in [9.17, 15) is 0 Å². The number of nitrogen functional groups attached to an aromatic ring is 1. The highest BCUT2D eigenvalue weighted by Crippen LogP contribution is 2.24. The molecule has 0 amide bonds. The number of nitrogens with two attached hydrogens (primary N) is 1. The van der Waals surface area contributed by atoms with Crippen molar-refractivity contribution >= 4 is 5.95 Å². The number of hydrogen-bond donors (Lipinski definition) is 3. The van der Waals surface area contributed by atoms with Crippen molar-refractivity contribution in [1.29, 1.82) is 0 Å². The molecule has 1 aromatic rings. The molecule has 0 saturated carbocycles. The van der Waals surface area contributed by atoms with Crippen LogP contribution in [0.1, 0.15) is 18.0 Å². The summed E-state index contributed by atoms with van der Waals surface area (Å²) in [7, 11) is 2.14. The largest absolute Gasteiger partial charge is 0.327 e. The normalized spacial score (nSPS) is 23.7. The van der Waals surface area contributed by atoms with Crippen molar-refractivity contribution in [3.63, 3.8) is 0 Å². The highest BCUT2D eigenvalue weighted by molar-refractivity contribution is 5.26. The van der Waals surface area contributed by atoms with Crippen molar-refractivity contribution in [3.05, 3.63) is 11.9 Å². The maximum atomic E-state index is 5.23. The van der Waals surface area contributed by atoms with E-state index in [2.05, 4.69) is 27.3 Å². The van der Waals surface area contributed by atoms with E-state index in [4.69, 9.17) is 5.84 Å². The van der Waals surface area contributed by atoms with Crippen LogP contribution in [0.5, 0.6) is 0 Å². The van der Waals surface area contributed by atoms with E-state index < -0.39 is 0 Å². The molecule has 0 spiro atoms. The molecule has 0 bridgehead atoms. The summed E-state index contributed by atoms with van der Waals surface area (Å²) >= 11 is 0. The van der Waals surface area contributed by atoms with Gasteiger partial charge in [0.1, 0.15) is 0 Å². The van der Waals surface area contributed by atoms with Crippen LogP contribution in [0.15, 0.2) is 6.20 Å². The van der Waals surface area contributed by atoms with E-state index in [1.807, 2.05) is 6.20 Å². The molecular formula is C8H15N5. The van der Waals surface area contributed by atoms with Crippen molar-refractivity contribution < 1.29 is 0 Å². The van der Waals surface area contributed by atoms with E-state index in [1.165, 1.54) is 12.1 Å². The van der Waals surface area contributed by atoms with Gasteiger partial charge in [-0.05, 0) is 20.0 Å². The molecule has 13 heavy (non-hydrogen) atoms. The number of rotatable bonds is 2. The van der Waals surface area contributed by atoms with Gasteiger partial charge in [-0.15, -0.1) is 0 Å². The standard InChI is InChI=1S/C8H15N5/c1-13-3-2-6(5-13)7-4-10-8(11-7)12-9/h4,6H,2-3,5,9H2,1H3,(H2,10,11,12). The Balaban J connectivity index is 2.08. The van der Waals surface area contributed by atoms with Crippen LogP contribution in [0.4, 0.5) is 5.95 Å². The number of aromatic nitrogens is 2. The number of aromatic amines is 1. The van der Waals surface area contributed by atoms with Crippen LogP contribution in [0, 0.1) is 0 Å². The van der Waals surface area contributed by atoms with Gasteiger partial charge in [-0.25, -0.2) is 10.8 Å². The van der Waals surface area contributed by atoms with Gasteiger partial charge in [0.25, 0.3) is 0 Å². The predicted molar refractivity (Wildman–Crippen MR) is 51.3 cm³/mol. The van der Waals surface area contributed by atoms with Crippen molar-refractivity contribution in [1.82, 2.24) is 14.9 Å². The Bertz CT molecular complexity index is 282. The minimum Gasteiger partial charge on any atom is -0.327 e. The van der Waals surface area contributed by atoms with Gasteiger partial charge >= 0.3 is 0 Å². The van der Waals surface area contributed by atoms with Gasteiger partial charge in [0.15, 0.2) is 0 Å². The van der Waals surface area contributed by atoms with Gasteiger partial charge in [-0.3, -0.25) is 5.43 Å². The fraction of sp³-hybridized carbons (Fsp3) is 0.625.